The van der Waals surface area contributed by atoms with E-state index in [1.54, 1.807) is 24.8 Å². The number of nitrogens with zero attached hydrogens (tertiary/aromatic N) is 1. The lowest BCUT2D eigenvalue weighted by Gasteiger charge is -2.18. The molecule has 0 amide bonds. The number of thioether (sulfide) groups is 1. The van der Waals surface area contributed by atoms with Crippen LogP contribution >= 0.6 is 11.8 Å². The van der Waals surface area contributed by atoms with E-state index in [1.165, 1.54) is 6.07 Å². The van der Waals surface area contributed by atoms with E-state index in [-0.39, 0.29) is 10.6 Å². The number of benzene rings is 1. The number of hydrogen-bond acceptors (Lipinski definition) is 4. The van der Waals surface area contributed by atoms with E-state index in [0.717, 1.165) is 17.9 Å². The van der Waals surface area contributed by atoms with E-state index < -0.39 is 0 Å². The molecule has 0 aromatic heterocycles. The smallest absolute Gasteiger partial charge is 0.274 e. The van der Waals surface area contributed by atoms with Gasteiger partial charge in [-0.25, -0.2) is 0 Å². The van der Waals surface area contributed by atoms with Crippen LogP contribution in [0.4, 0.5) is 11.4 Å². The fraction of sp³-hybridized carbons (Fsp3) is 0.500. The van der Waals surface area contributed by atoms with Crippen molar-refractivity contribution in [2.45, 2.75) is 26.3 Å². The molecule has 0 aliphatic heterocycles. The van der Waals surface area contributed by atoms with Gasteiger partial charge in [-0.3, -0.25) is 10.1 Å². The summed E-state index contributed by atoms with van der Waals surface area (Å²) in [6, 6.07) is 5.51. The number of nitrogens with one attached hydrogen (secondary N) is 1. The highest BCUT2D eigenvalue weighted by atomic mass is 32.2. The molecule has 0 fully saturated rings. The summed E-state index contributed by atoms with van der Waals surface area (Å²) in [6.07, 6.45) is 3.06. The largest absolute Gasteiger partial charge is 0.381 e. The van der Waals surface area contributed by atoms with Crippen molar-refractivity contribution in [3.05, 3.63) is 33.9 Å². The molecular weight excluding hydrogens is 236 g/mol. The van der Waals surface area contributed by atoms with E-state index in [0.29, 0.717) is 11.6 Å². The lowest BCUT2D eigenvalue weighted by Crippen LogP contribution is -2.21. The van der Waals surface area contributed by atoms with Crippen molar-refractivity contribution in [2.24, 2.45) is 0 Å². The van der Waals surface area contributed by atoms with E-state index in [1.807, 2.05) is 6.07 Å². The molecule has 1 unspecified atom stereocenters. The highest BCUT2D eigenvalue weighted by Gasteiger charge is 2.14. The highest BCUT2D eigenvalue weighted by molar-refractivity contribution is 7.98. The van der Waals surface area contributed by atoms with Crippen LogP contribution in [0, 0.1) is 17.0 Å². The normalized spacial score (nSPS) is 12.2. The van der Waals surface area contributed by atoms with Gasteiger partial charge in [0.25, 0.3) is 5.69 Å². The van der Waals surface area contributed by atoms with Crippen LogP contribution in [0.15, 0.2) is 18.2 Å². The fourth-order valence-corrected chi connectivity index (χ4v) is 2.38. The van der Waals surface area contributed by atoms with Crippen LogP contribution in [0.25, 0.3) is 0 Å². The Morgan fingerprint density at radius 3 is 2.76 bits per heavy atom. The fourth-order valence-electron chi connectivity index (χ4n) is 1.66. The van der Waals surface area contributed by atoms with Gasteiger partial charge in [0.05, 0.1) is 4.92 Å². The van der Waals surface area contributed by atoms with Crippen molar-refractivity contribution >= 4 is 23.1 Å². The average Bonchev–Trinajstić information content (AvgIpc) is 2.30. The molecule has 1 rings (SSSR count). The maximum Gasteiger partial charge on any atom is 0.274 e. The van der Waals surface area contributed by atoms with Gasteiger partial charge in [0, 0.05) is 29.1 Å². The monoisotopic (exact) mass is 254 g/mol. The minimum absolute atomic E-state index is 0.175. The third-order valence-electron chi connectivity index (χ3n) is 2.72. The lowest BCUT2D eigenvalue weighted by molar-refractivity contribution is -0.385. The Labute approximate surface area is 106 Å². The Balaban J connectivity index is 2.91. The van der Waals surface area contributed by atoms with Crippen LogP contribution in [0.5, 0.6) is 0 Å². The summed E-state index contributed by atoms with van der Waals surface area (Å²) in [5.41, 5.74) is 1.74. The Bertz CT molecular complexity index is 396. The van der Waals surface area contributed by atoms with E-state index >= 15 is 0 Å². The quantitative estimate of drug-likeness (QED) is 0.624. The van der Waals surface area contributed by atoms with E-state index in [2.05, 4.69) is 18.5 Å². The van der Waals surface area contributed by atoms with Crippen molar-refractivity contribution in [2.75, 3.05) is 17.3 Å². The minimum Gasteiger partial charge on any atom is -0.381 e. The van der Waals surface area contributed by atoms with Gasteiger partial charge in [0.15, 0.2) is 0 Å². The first-order valence-corrected chi connectivity index (χ1v) is 6.99. The predicted octanol–water partition coefficient (Wildman–Crippen LogP) is 3.46. The molecule has 0 aliphatic carbocycles. The number of hydrogen-bond donors (Lipinski definition) is 1. The standard InChI is InChI=1S/C12H18N2O2S/c1-4-10(8-17-3)13-11-6-5-7-12(9(11)2)14(15)16/h5-7,10,13H,4,8H2,1-3H3. The number of anilines is 1. The maximum absolute atomic E-state index is 10.8. The summed E-state index contributed by atoms with van der Waals surface area (Å²) >= 11 is 1.77. The summed E-state index contributed by atoms with van der Waals surface area (Å²) < 4.78 is 0. The van der Waals surface area contributed by atoms with Crippen molar-refractivity contribution < 1.29 is 4.92 Å². The van der Waals surface area contributed by atoms with Crippen LogP contribution in [0.2, 0.25) is 0 Å². The Hall–Kier alpha value is -1.23. The molecule has 1 aromatic rings. The molecule has 0 saturated heterocycles. The third-order valence-corrected chi connectivity index (χ3v) is 3.46. The van der Waals surface area contributed by atoms with Crippen LogP contribution in [-0.2, 0) is 0 Å². The van der Waals surface area contributed by atoms with E-state index in [4.69, 9.17) is 0 Å². The second-order valence-electron chi connectivity index (χ2n) is 3.91. The van der Waals surface area contributed by atoms with Gasteiger partial charge in [-0.15, -0.1) is 0 Å². The molecule has 0 radical (unpaired) electrons. The molecule has 17 heavy (non-hydrogen) atoms. The molecule has 0 spiro atoms. The molecule has 5 heteroatoms. The summed E-state index contributed by atoms with van der Waals surface area (Å²) in [5.74, 6) is 0.999. The van der Waals surface area contributed by atoms with Crippen molar-refractivity contribution in [1.29, 1.82) is 0 Å². The first kappa shape index (κ1) is 13.8. The van der Waals surface area contributed by atoms with Crippen molar-refractivity contribution in [1.82, 2.24) is 0 Å². The molecule has 1 N–H and O–H groups in total. The van der Waals surface area contributed by atoms with Crippen LogP contribution in [0.3, 0.4) is 0 Å². The highest BCUT2D eigenvalue weighted by Crippen LogP contribution is 2.26. The molecular formula is C12H18N2O2S. The van der Waals surface area contributed by atoms with Gasteiger partial charge >= 0.3 is 0 Å². The molecule has 94 valence electrons. The minimum atomic E-state index is -0.337. The van der Waals surface area contributed by atoms with Gasteiger partial charge in [-0.05, 0) is 25.7 Å². The summed E-state index contributed by atoms with van der Waals surface area (Å²) in [4.78, 5) is 10.5. The van der Waals surface area contributed by atoms with E-state index in [9.17, 15) is 10.1 Å². The molecule has 0 aliphatic rings. The van der Waals surface area contributed by atoms with Gasteiger partial charge in [0.2, 0.25) is 0 Å². The summed E-state index contributed by atoms with van der Waals surface area (Å²) in [6.45, 7) is 3.90. The van der Waals surface area contributed by atoms with Gasteiger partial charge in [-0.2, -0.15) is 11.8 Å². The molecule has 0 heterocycles. The Morgan fingerprint density at radius 1 is 1.53 bits per heavy atom. The maximum atomic E-state index is 10.8. The lowest BCUT2D eigenvalue weighted by atomic mass is 10.1. The van der Waals surface area contributed by atoms with Crippen LogP contribution in [-0.4, -0.2) is 23.0 Å². The Kier molecular flexibility index (Phi) is 5.28. The second-order valence-corrected chi connectivity index (χ2v) is 4.82. The molecule has 1 atom stereocenters. The summed E-state index contributed by atoms with van der Waals surface area (Å²) in [7, 11) is 0. The zero-order valence-corrected chi connectivity index (χ0v) is 11.2. The van der Waals surface area contributed by atoms with Crippen LogP contribution in [0.1, 0.15) is 18.9 Å². The molecule has 1 aromatic carbocycles. The number of rotatable bonds is 6. The van der Waals surface area contributed by atoms with Crippen molar-refractivity contribution in [3.63, 3.8) is 0 Å². The first-order chi connectivity index (χ1) is 8.10. The summed E-state index contributed by atoms with van der Waals surface area (Å²) in [5, 5.41) is 14.2. The molecule has 0 saturated carbocycles. The Morgan fingerprint density at radius 2 is 2.24 bits per heavy atom. The second kappa shape index (κ2) is 6.49. The topological polar surface area (TPSA) is 55.2 Å². The predicted molar refractivity (Wildman–Crippen MR) is 73.9 cm³/mol. The average molecular weight is 254 g/mol. The SMILES string of the molecule is CCC(CSC)Nc1cccc([N+](=O)[O-])c1C. The van der Waals surface area contributed by atoms with Gasteiger partial charge < -0.3 is 5.32 Å². The first-order valence-electron chi connectivity index (χ1n) is 5.59. The zero-order valence-electron chi connectivity index (χ0n) is 10.4. The van der Waals surface area contributed by atoms with Gasteiger partial charge in [0.1, 0.15) is 0 Å². The molecule has 4 nitrogen and oxygen atoms in total. The van der Waals surface area contributed by atoms with Crippen LogP contribution < -0.4 is 5.32 Å². The zero-order chi connectivity index (χ0) is 12.8. The van der Waals surface area contributed by atoms with Crippen molar-refractivity contribution in [3.8, 4) is 0 Å². The number of nitro benzene ring substituents is 1. The number of nitro groups is 1. The van der Waals surface area contributed by atoms with Gasteiger partial charge in [-0.1, -0.05) is 13.0 Å². The third kappa shape index (κ3) is 3.63. The molecule has 0 bridgehead atoms.